The summed E-state index contributed by atoms with van der Waals surface area (Å²) in [5.41, 5.74) is 1.83. The first kappa shape index (κ1) is 14.8. The first-order chi connectivity index (χ1) is 10.1. The molecule has 1 amide bonds. The largest absolute Gasteiger partial charge is 0.480 e. The summed E-state index contributed by atoms with van der Waals surface area (Å²) in [5.74, 6) is -1.43. The molecule has 5 nitrogen and oxygen atoms in total. The smallest absolute Gasteiger partial charge is 0.326 e. The number of carboxylic acids is 1. The van der Waals surface area contributed by atoms with Crippen molar-refractivity contribution in [2.75, 3.05) is 0 Å². The number of hydrogen-bond donors (Lipinski definition) is 3. The Bertz CT molecular complexity index is 673. The van der Waals surface area contributed by atoms with Gasteiger partial charge in [-0.15, -0.1) is 0 Å². The predicted octanol–water partition coefficient (Wildman–Crippen LogP) is 2.25. The summed E-state index contributed by atoms with van der Waals surface area (Å²) in [6.07, 6.45) is 5.82. The molecule has 3 N–H and O–H groups in total. The maximum Gasteiger partial charge on any atom is 0.326 e. The summed E-state index contributed by atoms with van der Waals surface area (Å²) >= 11 is 0. The summed E-state index contributed by atoms with van der Waals surface area (Å²) in [6, 6.07) is 6.72. The number of carbonyl (C=O) groups is 2. The van der Waals surface area contributed by atoms with Crippen LogP contribution in [0.4, 0.5) is 0 Å². The van der Waals surface area contributed by atoms with Crippen LogP contribution >= 0.6 is 0 Å². The molecule has 0 unspecified atom stereocenters. The highest BCUT2D eigenvalue weighted by molar-refractivity contribution is 5.91. The second-order valence-corrected chi connectivity index (χ2v) is 4.77. The Labute approximate surface area is 122 Å². The molecule has 0 saturated carbocycles. The van der Waals surface area contributed by atoms with Gasteiger partial charge in [0.25, 0.3) is 0 Å². The molecule has 1 atom stereocenters. The average molecular weight is 286 g/mol. The topological polar surface area (TPSA) is 82.2 Å². The molecule has 0 radical (unpaired) electrons. The van der Waals surface area contributed by atoms with Gasteiger partial charge >= 0.3 is 5.97 Å². The number of amides is 1. The van der Waals surface area contributed by atoms with E-state index in [2.05, 4.69) is 10.3 Å². The van der Waals surface area contributed by atoms with Crippen LogP contribution in [0, 0.1) is 0 Å². The van der Waals surface area contributed by atoms with Crippen molar-refractivity contribution >= 4 is 22.8 Å². The number of nitrogens with one attached hydrogen (secondary N) is 2. The zero-order valence-electron chi connectivity index (χ0n) is 11.8. The lowest BCUT2D eigenvalue weighted by Gasteiger charge is -2.12. The zero-order chi connectivity index (χ0) is 15.2. The number of rotatable bonds is 6. The molecule has 0 saturated heterocycles. The number of para-hydroxylation sites is 1. The van der Waals surface area contributed by atoms with E-state index in [1.807, 2.05) is 31.2 Å². The van der Waals surface area contributed by atoms with Gasteiger partial charge in [0, 0.05) is 23.5 Å². The summed E-state index contributed by atoms with van der Waals surface area (Å²) in [4.78, 5) is 26.1. The van der Waals surface area contributed by atoms with Crippen LogP contribution in [0.5, 0.6) is 0 Å². The minimum atomic E-state index is -1.04. The molecule has 0 aliphatic heterocycles. The van der Waals surface area contributed by atoms with Gasteiger partial charge < -0.3 is 15.4 Å². The number of H-pyrrole nitrogens is 1. The second-order valence-electron chi connectivity index (χ2n) is 4.77. The number of carbonyl (C=O) groups excluding carboxylic acids is 1. The molecular weight excluding hydrogens is 268 g/mol. The number of benzene rings is 1. The molecule has 110 valence electrons. The molecule has 1 aromatic carbocycles. The van der Waals surface area contributed by atoms with Crippen molar-refractivity contribution in [2.24, 2.45) is 0 Å². The van der Waals surface area contributed by atoms with Crippen LogP contribution in [0.15, 0.2) is 42.6 Å². The van der Waals surface area contributed by atoms with E-state index in [4.69, 9.17) is 0 Å². The van der Waals surface area contributed by atoms with E-state index in [0.717, 1.165) is 22.9 Å². The van der Waals surface area contributed by atoms with E-state index in [0.29, 0.717) is 0 Å². The quantitative estimate of drug-likeness (QED) is 0.712. The van der Waals surface area contributed by atoms with Gasteiger partial charge in [-0.3, -0.25) is 4.79 Å². The van der Waals surface area contributed by atoms with Crippen molar-refractivity contribution in [3.63, 3.8) is 0 Å². The van der Waals surface area contributed by atoms with Gasteiger partial charge in [-0.2, -0.15) is 0 Å². The van der Waals surface area contributed by atoms with E-state index < -0.39 is 12.0 Å². The summed E-state index contributed by atoms with van der Waals surface area (Å²) in [6.45, 7) is 1.91. The van der Waals surface area contributed by atoms with Gasteiger partial charge in [0.1, 0.15) is 6.04 Å². The minimum Gasteiger partial charge on any atom is -0.480 e. The van der Waals surface area contributed by atoms with Crippen LogP contribution in [-0.2, 0) is 16.0 Å². The van der Waals surface area contributed by atoms with Gasteiger partial charge in [-0.05, 0) is 24.1 Å². The number of fused-ring (bicyclic) bond motifs is 1. The Balaban J connectivity index is 2.15. The van der Waals surface area contributed by atoms with Crippen molar-refractivity contribution in [3.8, 4) is 0 Å². The SMILES string of the molecule is CCC=CC(=O)N[C@@H](Cc1c[nH]c2ccccc12)C(=O)O. The normalized spacial score (nSPS) is 12.6. The molecular formula is C16H18N2O3. The molecule has 5 heteroatoms. The van der Waals surface area contributed by atoms with E-state index in [1.165, 1.54) is 6.08 Å². The second kappa shape index (κ2) is 6.74. The molecule has 0 fully saturated rings. The van der Waals surface area contributed by atoms with E-state index in [9.17, 15) is 14.7 Å². The predicted molar refractivity (Wildman–Crippen MR) is 81.0 cm³/mol. The molecule has 0 spiro atoms. The molecule has 0 bridgehead atoms. The number of aliphatic carboxylic acids is 1. The van der Waals surface area contributed by atoms with Gasteiger partial charge in [0.2, 0.25) is 5.91 Å². The van der Waals surface area contributed by atoms with Gasteiger partial charge in [0.15, 0.2) is 0 Å². The zero-order valence-corrected chi connectivity index (χ0v) is 11.8. The minimum absolute atomic E-state index is 0.241. The third kappa shape index (κ3) is 3.72. The number of allylic oxidation sites excluding steroid dienone is 1. The lowest BCUT2D eigenvalue weighted by atomic mass is 10.0. The molecule has 2 aromatic rings. The van der Waals surface area contributed by atoms with Gasteiger partial charge in [0.05, 0.1) is 0 Å². The highest BCUT2D eigenvalue weighted by Gasteiger charge is 2.20. The first-order valence-corrected chi connectivity index (χ1v) is 6.86. The lowest BCUT2D eigenvalue weighted by molar-refractivity contribution is -0.141. The first-order valence-electron chi connectivity index (χ1n) is 6.86. The summed E-state index contributed by atoms with van der Waals surface area (Å²) in [7, 11) is 0. The number of carboxylic acid groups (broad SMARTS) is 1. The molecule has 1 heterocycles. The Morgan fingerprint density at radius 3 is 2.86 bits per heavy atom. The standard InChI is InChI=1S/C16H18N2O3/c1-2-3-8-15(19)18-14(16(20)21)9-11-10-17-13-7-5-4-6-12(11)13/h3-8,10,14,17H,2,9H2,1H3,(H,18,19)(H,20,21)/t14-/m0/s1. The summed E-state index contributed by atoms with van der Waals surface area (Å²) in [5, 5.41) is 12.8. The van der Waals surface area contributed by atoms with Crippen molar-refractivity contribution in [1.29, 1.82) is 0 Å². The van der Waals surface area contributed by atoms with Crippen molar-refractivity contribution in [2.45, 2.75) is 25.8 Å². The van der Waals surface area contributed by atoms with Crippen molar-refractivity contribution in [3.05, 3.63) is 48.2 Å². The Kier molecular flexibility index (Phi) is 4.77. The van der Waals surface area contributed by atoms with E-state index >= 15 is 0 Å². The maximum atomic E-state index is 11.6. The Morgan fingerprint density at radius 2 is 2.14 bits per heavy atom. The van der Waals surface area contributed by atoms with E-state index in [-0.39, 0.29) is 12.3 Å². The monoisotopic (exact) mass is 286 g/mol. The molecule has 1 aromatic heterocycles. The third-order valence-electron chi connectivity index (χ3n) is 3.22. The van der Waals surface area contributed by atoms with Gasteiger partial charge in [-0.1, -0.05) is 31.2 Å². The maximum absolute atomic E-state index is 11.6. The van der Waals surface area contributed by atoms with Crippen LogP contribution in [0.2, 0.25) is 0 Å². The highest BCUT2D eigenvalue weighted by atomic mass is 16.4. The fraction of sp³-hybridized carbons (Fsp3) is 0.250. The van der Waals surface area contributed by atoms with Crippen molar-refractivity contribution in [1.82, 2.24) is 10.3 Å². The average Bonchev–Trinajstić information content (AvgIpc) is 2.87. The van der Waals surface area contributed by atoms with Crippen LogP contribution in [0.3, 0.4) is 0 Å². The van der Waals surface area contributed by atoms with Gasteiger partial charge in [-0.25, -0.2) is 4.79 Å². The fourth-order valence-corrected chi connectivity index (χ4v) is 2.17. The van der Waals surface area contributed by atoms with Crippen LogP contribution in [0.1, 0.15) is 18.9 Å². The highest BCUT2D eigenvalue weighted by Crippen LogP contribution is 2.19. The molecule has 2 rings (SSSR count). The Hall–Kier alpha value is -2.56. The molecule has 21 heavy (non-hydrogen) atoms. The van der Waals surface area contributed by atoms with Crippen LogP contribution < -0.4 is 5.32 Å². The lowest BCUT2D eigenvalue weighted by Crippen LogP contribution is -2.41. The fourth-order valence-electron chi connectivity index (χ4n) is 2.17. The van der Waals surface area contributed by atoms with Crippen LogP contribution in [0.25, 0.3) is 10.9 Å². The number of aromatic nitrogens is 1. The molecule has 0 aliphatic carbocycles. The number of aromatic amines is 1. The summed E-state index contributed by atoms with van der Waals surface area (Å²) < 4.78 is 0. The van der Waals surface area contributed by atoms with Crippen molar-refractivity contribution < 1.29 is 14.7 Å². The van der Waals surface area contributed by atoms with Crippen LogP contribution in [-0.4, -0.2) is 28.0 Å². The third-order valence-corrected chi connectivity index (χ3v) is 3.22. The Morgan fingerprint density at radius 1 is 1.38 bits per heavy atom. The molecule has 0 aliphatic rings. The number of hydrogen-bond acceptors (Lipinski definition) is 2. The van der Waals surface area contributed by atoms with E-state index in [1.54, 1.807) is 12.3 Å².